The van der Waals surface area contributed by atoms with Crippen LogP contribution in [-0.2, 0) is 0 Å². The molecule has 0 aliphatic heterocycles. The molecule has 0 unspecified atom stereocenters. The largest absolute Gasteiger partial charge is 0.397 e. The normalized spacial score (nSPS) is 10.5. The van der Waals surface area contributed by atoms with Crippen LogP contribution < -0.4 is 11.1 Å². The molecule has 0 saturated heterocycles. The van der Waals surface area contributed by atoms with Crippen LogP contribution in [0.3, 0.4) is 0 Å². The summed E-state index contributed by atoms with van der Waals surface area (Å²) in [4.78, 5) is 0. The van der Waals surface area contributed by atoms with Gasteiger partial charge in [-0.05, 0) is 24.6 Å². The third-order valence-electron chi connectivity index (χ3n) is 1.71. The Morgan fingerprint density at radius 2 is 2.17 bits per heavy atom. The summed E-state index contributed by atoms with van der Waals surface area (Å²) in [5.41, 5.74) is 8.63. The average molecular weight is 162 g/mol. The molecule has 1 aromatic carbocycles. The lowest BCUT2D eigenvalue weighted by Crippen LogP contribution is -1.95. The zero-order chi connectivity index (χ0) is 8.97. The molecule has 0 fully saturated rings. The van der Waals surface area contributed by atoms with Crippen molar-refractivity contribution in [1.29, 1.82) is 0 Å². The summed E-state index contributed by atoms with van der Waals surface area (Å²) in [7, 11) is 1.87. The van der Waals surface area contributed by atoms with Crippen molar-refractivity contribution in [2.75, 3.05) is 18.1 Å². The molecule has 12 heavy (non-hydrogen) atoms. The Balaban J connectivity index is 3.05. The summed E-state index contributed by atoms with van der Waals surface area (Å²) >= 11 is 0. The highest BCUT2D eigenvalue weighted by molar-refractivity contribution is 5.70. The number of hydrogen-bond acceptors (Lipinski definition) is 2. The van der Waals surface area contributed by atoms with Gasteiger partial charge in [0.2, 0.25) is 0 Å². The summed E-state index contributed by atoms with van der Waals surface area (Å²) in [6.45, 7) is 2.00. The highest BCUT2D eigenvalue weighted by Gasteiger charge is 1.95. The minimum absolute atomic E-state index is 0.783. The fourth-order valence-electron chi connectivity index (χ4n) is 1.09. The van der Waals surface area contributed by atoms with E-state index in [0.29, 0.717) is 0 Å². The zero-order valence-electron chi connectivity index (χ0n) is 7.46. The number of nitrogens with two attached hydrogens (primary N) is 1. The molecule has 1 rings (SSSR count). The van der Waals surface area contributed by atoms with Gasteiger partial charge in [0.15, 0.2) is 0 Å². The van der Waals surface area contributed by atoms with Gasteiger partial charge in [-0.2, -0.15) is 0 Å². The fourth-order valence-corrected chi connectivity index (χ4v) is 1.09. The molecule has 1 aromatic rings. The average Bonchev–Trinajstić information content (AvgIpc) is 2.09. The van der Waals surface area contributed by atoms with Crippen molar-refractivity contribution in [2.24, 2.45) is 0 Å². The van der Waals surface area contributed by atoms with Crippen LogP contribution in [0.4, 0.5) is 11.4 Å². The summed E-state index contributed by atoms with van der Waals surface area (Å²) in [6.07, 6.45) is 4.05. The number of hydrogen-bond donors (Lipinski definition) is 2. The minimum Gasteiger partial charge on any atom is -0.397 e. The smallest absolute Gasteiger partial charge is 0.0577 e. The van der Waals surface area contributed by atoms with Crippen molar-refractivity contribution >= 4 is 17.5 Å². The first-order valence-electron chi connectivity index (χ1n) is 3.98. The van der Waals surface area contributed by atoms with E-state index in [1.54, 1.807) is 0 Å². The summed E-state index contributed by atoms with van der Waals surface area (Å²) in [5, 5.41) is 3.04. The van der Waals surface area contributed by atoms with Crippen molar-refractivity contribution in [3.63, 3.8) is 0 Å². The Bertz CT molecular complexity index is 290. The SMILES string of the molecule is C/C=C/c1ccc(N)c(NC)c1. The third kappa shape index (κ3) is 1.78. The molecule has 0 radical (unpaired) electrons. The van der Waals surface area contributed by atoms with Gasteiger partial charge in [-0.1, -0.05) is 18.2 Å². The summed E-state index contributed by atoms with van der Waals surface area (Å²) < 4.78 is 0. The van der Waals surface area contributed by atoms with Gasteiger partial charge in [0.1, 0.15) is 0 Å². The van der Waals surface area contributed by atoms with Crippen LogP contribution in [0.1, 0.15) is 12.5 Å². The van der Waals surface area contributed by atoms with Crippen LogP contribution >= 0.6 is 0 Å². The maximum absolute atomic E-state index is 5.71. The lowest BCUT2D eigenvalue weighted by atomic mass is 10.1. The van der Waals surface area contributed by atoms with E-state index in [0.717, 1.165) is 16.9 Å². The Morgan fingerprint density at radius 3 is 2.75 bits per heavy atom. The van der Waals surface area contributed by atoms with Gasteiger partial charge >= 0.3 is 0 Å². The van der Waals surface area contributed by atoms with Crippen molar-refractivity contribution in [3.8, 4) is 0 Å². The van der Waals surface area contributed by atoms with Crippen LogP contribution in [0.15, 0.2) is 24.3 Å². The molecular weight excluding hydrogens is 148 g/mol. The highest BCUT2D eigenvalue weighted by Crippen LogP contribution is 2.19. The number of nitrogen functional groups attached to an aromatic ring is 1. The van der Waals surface area contributed by atoms with E-state index in [-0.39, 0.29) is 0 Å². The van der Waals surface area contributed by atoms with Gasteiger partial charge in [-0.3, -0.25) is 0 Å². The number of rotatable bonds is 2. The van der Waals surface area contributed by atoms with Crippen LogP contribution in [-0.4, -0.2) is 7.05 Å². The van der Waals surface area contributed by atoms with E-state index in [1.165, 1.54) is 0 Å². The van der Waals surface area contributed by atoms with Crippen LogP contribution in [0, 0.1) is 0 Å². The first kappa shape index (κ1) is 8.65. The molecule has 0 aliphatic carbocycles. The van der Waals surface area contributed by atoms with Crippen LogP contribution in [0.5, 0.6) is 0 Å². The Kier molecular flexibility index (Phi) is 2.75. The van der Waals surface area contributed by atoms with Crippen molar-refractivity contribution < 1.29 is 0 Å². The van der Waals surface area contributed by atoms with Crippen LogP contribution in [0.25, 0.3) is 6.08 Å². The van der Waals surface area contributed by atoms with E-state index in [4.69, 9.17) is 5.73 Å². The van der Waals surface area contributed by atoms with E-state index in [9.17, 15) is 0 Å². The molecule has 0 heterocycles. The predicted octanol–water partition coefficient (Wildman–Crippen LogP) is 2.34. The number of allylic oxidation sites excluding steroid dienone is 1. The van der Waals surface area contributed by atoms with Crippen LogP contribution in [0.2, 0.25) is 0 Å². The highest BCUT2D eigenvalue weighted by atomic mass is 14.8. The number of nitrogens with one attached hydrogen (secondary N) is 1. The van der Waals surface area contributed by atoms with Crippen molar-refractivity contribution in [1.82, 2.24) is 0 Å². The second kappa shape index (κ2) is 3.81. The Labute approximate surface area is 73.1 Å². The second-order valence-corrected chi connectivity index (χ2v) is 2.60. The molecule has 0 aromatic heterocycles. The number of anilines is 2. The summed E-state index contributed by atoms with van der Waals surface area (Å²) in [5.74, 6) is 0. The second-order valence-electron chi connectivity index (χ2n) is 2.60. The fraction of sp³-hybridized carbons (Fsp3) is 0.200. The topological polar surface area (TPSA) is 38.0 Å². The van der Waals surface area contributed by atoms with Gasteiger partial charge in [0.05, 0.1) is 11.4 Å². The first-order valence-corrected chi connectivity index (χ1v) is 3.98. The standard InChI is InChI=1S/C10H14N2/c1-3-4-8-5-6-9(11)10(7-8)12-2/h3-7,12H,11H2,1-2H3/b4-3+. The zero-order valence-corrected chi connectivity index (χ0v) is 7.46. The molecule has 64 valence electrons. The molecule has 2 nitrogen and oxygen atoms in total. The molecule has 2 heteroatoms. The molecule has 0 saturated carbocycles. The third-order valence-corrected chi connectivity index (χ3v) is 1.71. The molecule has 0 atom stereocenters. The molecule has 0 bridgehead atoms. The number of benzene rings is 1. The summed E-state index contributed by atoms with van der Waals surface area (Å²) in [6, 6.07) is 5.92. The Morgan fingerprint density at radius 1 is 1.42 bits per heavy atom. The van der Waals surface area contributed by atoms with E-state index in [2.05, 4.69) is 5.32 Å². The predicted molar refractivity (Wildman–Crippen MR) is 55.1 cm³/mol. The van der Waals surface area contributed by atoms with E-state index in [1.807, 2.05) is 44.3 Å². The first-order chi connectivity index (χ1) is 5.77. The van der Waals surface area contributed by atoms with E-state index < -0.39 is 0 Å². The van der Waals surface area contributed by atoms with Gasteiger partial charge in [0.25, 0.3) is 0 Å². The molecule has 3 N–H and O–H groups in total. The molecule has 0 amide bonds. The minimum atomic E-state index is 0.783. The molecular formula is C10H14N2. The maximum Gasteiger partial charge on any atom is 0.0577 e. The monoisotopic (exact) mass is 162 g/mol. The van der Waals surface area contributed by atoms with Crippen molar-refractivity contribution in [3.05, 3.63) is 29.8 Å². The maximum atomic E-state index is 5.71. The quantitative estimate of drug-likeness (QED) is 0.655. The van der Waals surface area contributed by atoms with Gasteiger partial charge < -0.3 is 11.1 Å². The Hall–Kier alpha value is -1.44. The van der Waals surface area contributed by atoms with E-state index >= 15 is 0 Å². The van der Waals surface area contributed by atoms with Gasteiger partial charge in [-0.25, -0.2) is 0 Å². The van der Waals surface area contributed by atoms with Crippen molar-refractivity contribution in [2.45, 2.75) is 6.92 Å². The molecule has 0 spiro atoms. The van der Waals surface area contributed by atoms with Gasteiger partial charge in [-0.15, -0.1) is 0 Å². The molecule has 0 aliphatic rings. The lowest BCUT2D eigenvalue weighted by Gasteiger charge is -2.04. The lowest BCUT2D eigenvalue weighted by molar-refractivity contribution is 1.50. The van der Waals surface area contributed by atoms with Gasteiger partial charge in [0, 0.05) is 7.05 Å².